The van der Waals surface area contributed by atoms with E-state index < -0.39 is 22.6 Å². The molecule has 0 aromatic heterocycles. The number of fused-ring (bicyclic) bond motifs is 1. The van der Waals surface area contributed by atoms with Gasteiger partial charge in [0.15, 0.2) is 0 Å². The number of nitrogens with one attached hydrogen (secondary N) is 1. The molecule has 1 aliphatic rings. The zero-order chi connectivity index (χ0) is 22.1. The number of hydrogen-bond acceptors (Lipinski definition) is 6. The number of rotatable bonds is 5. The van der Waals surface area contributed by atoms with Crippen LogP contribution in [0.25, 0.3) is 0 Å². The van der Waals surface area contributed by atoms with E-state index in [1.165, 1.54) is 49.6 Å². The van der Waals surface area contributed by atoms with E-state index in [0.717, 1.165) is 4.90 Å². The minimum absolute atomic E-state index is 0.0141. The summed E-state index contributed by atoms with van der Waals surface area (Å²) in [6.07, 6.45) is 0. The van der Waals surface area contributed by atoms with E-state index in [0.29, 0.717) is 16.8 Å². The summed E-state index contributed by atoms with van der Waals surface area (Å²) in [6, 6.07) is 16.4. The van der Waals surface area contributed by atoms with Crippen LogP contribution in [0.4, 0.5) is 17.1 Å². The summed E-state index contributed by atoms with van der Waals surface area (Å²) < 4.78 is 4.98. The molecule has 0 radical (unpaired) electrons. The number of methoxy groups -OCH3 is 1. The second-order valence-electron chi connectivity index (χ2n) is 6.63. The van der Waals surface area contributed by atoms with E-state index in [1.54, 1.807) is 24.3 Å². The lowest BCUT2D eigenvalue weighted by molar-refractivity contribution is -0.384. The molecule has 9 heteroatoms. The van der Waals surface area contributed by atoms with Crippen molar-refractivity contribution in [3.05, 3.63) is 93.5 Å². The number of imide groups is 1. The van der Waals surface area contributed by atoms with Gasteiger partial charge in [0.05, 0.1) is 34.9 Å². The van der Waals surface area contributed by atoms with Crippen molar-refractivity contribution in [2.45, 2.75) is 0 Å². The van der Waals surface area contributed by atoms with Gasteiger partial charge >= 0.3 is 0 Å². The summed E-state index contributed by atoms with van der Waals surface area (Å²) in [5.74, 6) is -1.17. The van der Waals surface area contributed by atoms with Crippen LogP contribution < -0.4 is 15.0 Å². The summed E-state index contributed by atoms with van der Waals surface area (Å²) in [5, 5.41) is 13.8. The van der Waals surface area contributed by atoms with Crippen molar-refractivity contribution in [3.63, 3.8) is 0 Å². The highest BCUT2D eigenvalue weighted by molar-refractivity contribution is 6.34. The predicted molar refractivity (Wildman–Crippen MR) is 112 cm³/mol. The fourth-order valence-electron chi connectivity index (χ4n) is 3.28. The minimum atomic E-state index is -0.622. The van der Waals surface area contributed by atoms with E-state index in [4.69, 9.17) is 4.74 Å². The van der Waals surface area contributed by atoms with Crippen molar-refractivity contribution in [2.75, 3.05) is 17.3 Å². The molecule has 154 valence electrons. The van der Waals surface area contributed by atoms with Crippen LogP contribution in [-0.2, 0) is 0 Å². The van der Waals surface area contributed by atoms with Crippen LogP contribution in [0.5, 0.6) is 5.75 Å². The van der Waals surface area contributed by atoms with E-state index in [9.17, 15) is 24.5 Å². The Hall–Kier alpha value is -4.53. The molecule has 3 amide bonds. The average Bonchev–Trinajstić information content (AvgIpc) is 3.04. The van der Waals surface area contributed by atoms with Crippen molar-refractivity contribution in [1.82, 2.24) is 0 Å². The van der Waals surface area contributed by atoms with Crippen molar-refractivity contribution in [2.24, 2.45) is 0 Å². The molecule has 4 rings (SSSR count). The van der Waals surface area contributed by atoms with Crippen molar-refractivity contribution in [3.8, 4) is 5.75 Å². The van der Waals surface area contributed by atoms with Gasteiger partial charge in [-0.2, -0.15) is 0 Å². The van der Waals surface area contributed by atoms with Crippen molar-refractivity contribution >= 4 is 34.8 Å². The molecule has 9 nitrogen and oxygen atoms in total. The van der Waals surface area contributed by atoms with Crippen LogP contribution in [0.2, 0.25) is 0 Å². The second-order valence-corrected chi connectivity index (χ2v) is 6.63. The van der Waals surface area contributed by atoms with Gasteiger partial charge in [0, 0.05) is 5.56 Å². The first-order valence-corrected chi connectivity index (χ1v) is 9.12. The van der Waals surface area contributed by atoms with Crippen LogP contribution in [0.1, 0.15) is 31.1 Å². The molecule has 0 saturated carbocycles. The monoisotopic (exact) mass is 417 g/mol. The lowest BCUT2D eigenvalue weighted by atomic mass is 10.1. The average molecular weight is 417 g/mol. The fraction of sp³-hybridized carbons (Fsp3) is 0.0455. The number of ether oxygens (including phenoxy) is 1. The number of anilines is 2. The van der Waals surface area contributed by atoms with Crippen LogP contribution in [0.15, 0.2) is 66.7 Å². The molecule has 3 aromatic carbocycles. The summed E-state index contributed by atoms with van der Waals surface area (Å²) in [5.41, 5.74) is 0.862. The Balaban J connectivity index is 1.56. The highest BCUT2D eigenvalue weighted by Crippen LogP contribution is 2.30. The maximum Gasteiger partial charge on any atom is 0.296 e. The zero-order valence-corrected chi connectivity index (χ0v) is 16.2. The van der Waals surface area contributed by atoms with Gasteiger partial charge in [-0.05, 0) is 48.5 Å². The molecule has 0 atom stereocenters. The Morgan fingerprint density at radius 1 is 0.968 bits per heavy atom. The summed E-state index contributed by atoms with van der Waals surface area (Å²) in [4.78, 5) is 49.4. The van der Waals surface area contributed by atoms with Gasteiger partial charge < -0.3 is 10.1 Å². The maximum atomic E-state index is 12.6. The topological polar surface area (TPSA) is 119 Å². The molecule has 1 aliphatic heterocycles. The summed E-state index contributed by atoms with van der Waals surface area (Å²) in [7, 11) is 1.38. The third kappa shape index (κ3) is 3.48. The molecular weight excluding hydrogens is 402 g/mol. The zero-order valence-electron chi connectivity index (χ0n) is 16.2. The standard InChI is InChI=1S/C22H15N3O6/c1-31-15-10-11-18(19(12-15)25(29)30)23-20(26)13-6-8-14(9-7-13)24-21(27)16-4-2-3-5-17(16)22(24)28/h2-12H,1H3,(H,23,26). The SMILES string of the molecule is COc1ccc(NC(=O)c2ccc(N3C(=O)c4ccccc4C3=O)cc2)c([N+](=O)[O-])c1. The summed E-state index contributed by atoms with van der Waals surface area (Å²) in [6.45, 7) is 0. The van der Waals surface area contributed by atoms with Gasteiger partial charge in [-0.25, -0.2) is 4.90 Å². The first-order valence-electron chi connectivity index (χ1n) is 9.12. The largest absolute Gasteiger partial charge is 0.496 e. The van der Waals surface area contributed by atoms with Gasteiger partial charge in [0.25, 0.3) is 23.4 Å². The minimum Gasteiger partial charge on any atom is -0.496 e. The molecule has 0 spiro atoms. The quantitative estimate of drug-likeness (QED) is 0.384. The predicted octanol–water partition coefficient (Wildman–Crippen LogP) is 3.66. The molecule has 1 N–H and O–H groups in total. The Morgan fingerprint density at radius 3 is 2.13 bits per heavy atom. The Kier molecular flexibility index (Phi) is 4.92. The van der Waals surface area contributed by atoms with Gasteiger partial charge in [-0.15, -0.1) is 0 Å². The van der Waals surface area contributed by atoms with Gasteiger partial charge in [0.1, 0.15) is 11.4 Å². The molecule has 1 heterocycles. The molecule has 0 unspecified atom stereocenters. The molecule has 31 heavy (non-hydrogen) atoms. The fourth-order valence-corrected chi connectivity index (χ4v) is 3.28. The number of nitro benzene ring substituents is 1. The van der Waals surface area contributed by atoms with Crippen LogP contribution >= 0.6 is 0 Å². The molecular formula is C22H15N3O6. The first kappa shape index (κ1) is 19.8. The lowest BCUT2D eigenvalue weighted by Crippen LogP contribution is -2.29. The van der Waals surface area contributed by atoms with Crippen LogP contribution in [0, 0.1) is 10.1 Å². The highest BCUT2D eigenvalue weighted by Gasteiger charge is 2.36. The van der Waals surface area contributed by atoms with Crippen LogP contribution in [0.3, 0.4) is 0 Å². The van der Waals surface area contributed by atoms with E-state index in [2.05, 4.69) is 5.32 Å². The number of nitro groups is 1. The maximum absolute atomic E-state index is 12.6. The van der Waals surface area contributed by atoms with Crippen LogP contribution in [-0.4, -0.2) is 29.8 Å². The Morgan fingerprint density at radius 2 is 1.58 bits per heavy atom. The van der Waals surface area contributed by atoms with E-state index in [1.807, 2.05) is 0 Å². The van der Waals surface area contributed by atoms with Gasteiger partial charge in [-0.3, -0.25) is 24.5 Å². The van der Waals surface area contributed by atoms with Gasteiger partial charge in [0.2, 0.25) is 0 Å². The number of hydrogen-bond donors (Lipinski definition) is 1. The van der Waals surface area contributed by atoms with Crippen molar-refractivity contribution < 1.29 is 24.0 Å². The third-order valence-corrected chi connectivity index (χ3v) is 4.83. The summed E-state index contributed by atoms with van der Waals surface area (Å²) >= 11 is 0. The molecule has 0 bridgehead atoms. The number of nitrogens with zero attached hydrogens (tertiary/aromatic N) is 2. The second kappa shape index (κ2) is 7.71. The first-order chi connectivity index (χ1) is 14.9. The molecule has 0 saturated heterocycles. The lowest BCUT2D eigenvalue weighted by Gasteiger charge is -2.14. The molecule has 0 aliphatic carbocycles. The smallest absolute Gasteiger partial charge is 0.296 e. The van der Waals surface area contributed by atoms with E-state index in [-0.39, 0.29) is 22.7 Å². The third-order valence-electron chi connectivity index (χ3n) is 4.83. The van der Waals surface area contributed by atoms with Crippen molar-refractivity contribution in [1.29, 1.82) is 0 Å². The number of carbonyl (C=O) groups excluding carboxylic acids is 3. The number of benzene rings is 3. The highest BCUT2D eigenvalue weighted by atomic mass is 16.6. The van der Waals surface area contributed by atoms with E-state index >= 15 is 0 Å². The number of carbonyl (C=O) groups is 3. The Labute approximate surface area is 176 Å². The Bertz CT molecular complexity index is 1200. The van der Waals surface area contributed by atoms with Gasteiger partial charge in [-0.1, -0.05) is 12.1 Å². The molecule has 3 aromatic rings. The number of amides is 3. The molecule has 0 fully saturated rings. The normalized spacial score (nSPS) is 12.5.